The second kappa shape index (κ2) is 3.91. The van der Waals surface area contributed by atoms with E-state index in [9.17, 15) is 5.11 Å². The van der Waals surface area contributed by atoms with Crippen molar-refractivity contribution in [1.82, 2.24) is 9.78 Å². The maximum atomic E-state index is 9.96. The first-order valence-corrected chi connectivity index (χ1v) is 5.74. The van der Waals surface area contributed by atoms with Crippen LogP contribution in [0.4, 0.5) is 0 Å². The van der Waals surface area contributed by atoms with Gasteiger partial charge in [0.05, 0.1) is 11.7 Å². The summed E-state index contributed by atoms with van der Waals surface area (Å²) in [6.07, 6.45) is 1.68. The van der Waals surface area contributed by atoms with Crippen molar-refractivity contribution >= 4 is 0 Å². The van der Waals surface area contributed by atoms with Crippen LogP contribution in [-0.2, 0) is 5.54 Å². The van der Waals surface area contributed by atoms with Crippen LogP contribution in [-0.4, -0.2) is 14.9 Å². The van der Waals surface area contributed by atoms with Crippen LogP contribution in [0.15, 0.2) is 30.5 Å². The summed E-state index contributed by atoms with van der Waals surface area (Å²) in [7, 11) is 0. The maximum absolute atomic E-state index is 9.96. The molecule has 3 heteroatoms. The quantitative estimate of drug-likeness (QED) is 0.816. The van der Waals surface area contributed by atoms with Gasteiger partial charge in [0, 0.05) is 5.56 Å². The number of aryl methyl sites for hydroxylation is 1. The summed E-state index contributed by atoms with van der Waals surface area (Å²) in [6, 6.07) is 7.98. The molecule has 17 heavy (non-hydrogen) atoms. The largest absolute Gasteiger partial charge is 0.504 e. The van der Waals surface area contributed by atoms with E-state index in [0.29, 0.717) is 5.69 Å². The molecule has 0 aliphatic rings. The molecule has 3 nitrogen and oxygen atoms in total. The minimum absolute atomic E-state index is 0.125. The normalized spacial score (nSPS) is 11.8. The van der Waals surface area contributed by atoms with Gasteiger partial charge in [-0.3, -0.25) is 4.68 Å². The number of benzene rings is 1. The van der Waals surface area contributed by atoms with Gasteiger partial charge in [-0.1, -0.05) is 23.8 Å². The first-order valence-electron chi connectivity index (χ1n) is 5.74. The van der Waals surface area contributed by atoms with E-state index in [0.717, 1.165) is 11.1 Å². The Balaban J connectivity index is 2.50. The molecular formula is C14H18N2O. The number of aromatic hydroxyl groups is 1. The highest BCUT2D eigenvalue weighted by Gasteiger charge is 2.18. The first kappa shape index (κ1) is 11.7. The lowest BCUT2D eigenvalue weighted by Crippen LogP contribution is -2.22. The van der Waals surface area contributed by atoms with E-state index in [1.807, 2.05) is 31.2 Å². The Morgan fingerprint density at radius 3 is 2.47 bits per heavy atom. The summed E-state index contributed by atoms with van der Waals surface area (Å²) in [5.74, 6) is 0.227. The molecule has 0 amide bonds. The fraction of sp³-hybridized carbons (Fsp3) is 0.357. The van der Waals surface area contributed by atoms with Gasteiger partial charge in [-0.15, -0.1) is 0 Å². The van der Waals surface area contributed by atoms with Crippen molar-refractivity contribution in [1.29, 1.82) is 0 Å². The minimum atomic E-state index is -0.125. The second-order valence-corrected chi connectivity index (χ2v) is 5.35. The molecule has 0 saturated heterocycles. The highest BCUT2D eigenvalue weighted by molar-refractivity contribution is 5.65. The monoisotopic (exact) mass is 230 g/mol. The van der Waals surface area contributed by atoms with E-state index in [1.54, 1.807) is 10.9 Å². The SMILES string of the molecule is Cc1cccc(-c2nn(C(C)(C)C)cc2O)c1. The predicted octanol–water partition coefficient (Wildman–Crippen LogP) is 3.32. The molecule has 0 spiro atoms. The molecule has 0 aliphatic heterocycles. The van der Waals surface area contributed by atoms with Crippen molar-refractivity contribution < 1.29 is 5.11 Å². The van der Waals surface area contributed by atoms with Gasteiger partial charge < -0.3 is 5.11 Å². The zero-order chi connectivity index (χ0) is 12.6. The van der Waals surface area contributed by atoms with Gasteiger partial charge in [-0.05, 0) is 33.8 Å². The molecular weight excluding hydrogens is 212 g/mol. The van der Waals surface area contributed by atoms with Gasteiger partial charge in [-0.2, -0.15) is 5.10 Å². The summed E-state index contributed by atoms with van der Waals surface area (Å²) in [6.45, 7) is 8.19. The molecule has 90 valence electrons. The third-order valence-corrected chi connectivity index (χ3v) is 2.67. The van der Waals surface area contributed by atoms with Crippen LogP contribution in [0.3, 0.4) is 0 Å². The van der Waals surface area contributed by atoms with Gasteiger partial charge in [0.1, 0.15) is 5.69 Å². The molecule has 0 fully saturated rings. The van der Waals surface area contributed by atoms with Crippen molar-refractivity contribution in [2.24, 2.45) is 0 Å². The summed E-state index contributed by atoms with van der Waals surface area (Å²) >= 11 is 0. The van der Waals surface area contributed by atoms with Crippen LogP contribution in [0, 0.1) is 6.92 Å². The Kier molecular flexibility index (Phi) is 2.69. The van der Waals surface area contributed by atoms with E-state index in [1.165, 1.54) is 0 Å². The molecule has 2 rings (SSSR count). The van der Waals surface area contributed by atoms with E-state index in [-0.39, 0.29) is 11.3 Å². The maximum Gasteiger partial charge on any atom is 0.161 e. The lowest BCUT2D eigenvalue weighted by Gasteiger charge is -2.18. The van der Waals surface area contributed by atoms with Gasteiger partial charge in [0.25, 0.3) is 0 Å². The number of hydrogen-bond acceptors (Lipinski definition) is 2. The van der Waals surface area contributed by atoms with Crippen LogP contribution in [0.25, 0.3) is 11.3 Å². The third-order valence-electron chi connectivity index (χ3n) is 2.67. The van der Waals surface area contributed by atoms with Crippen LogP contribution in [0.2, 0.25) is 0 Å². The van der Waals surface area contributed by atoms with Crippen molar-refractivity contribution in [3.63, 3.8) is 0 Å². The Morgan fingerprint density at radius 2 is 1.94 bits per heavy atom. The summed E-state index contributed by atoms with van der Waals surface area (Å²) in [5.41, 5.74) is 2.63. The van der Waals surface area contributed by atoms with Crippen molar-refractivity contribution in [3.05, 3.63) is 36.0 Å². The van der Waals surface area contributed by atoms with Crippen LogP contribution >= 0.6 is 0 Å². The average Bonchev–Trinajstić information content (AvgIpc) is 2.60. The summed E-state index contributed by atoms with van der Waals surface area (Å²) in [4.78, 5) is 0. The van der Waals surface area contributed by atoms with Crippen LogP contribution in [0.1, 0.15) is 26.3 Å². The lowest BCUT2D eigenvalue weighted by molar-refractivity contribution is 0.353. The molecule has 1 aromatic carbocycles. The van der Waals surface area contributed by atoms with E-state index in [4.69, 9.17) is 0 Å². The van der Waals surface area contributed by atoms with E-state index >= 15 is 0 Å². The zero-order valence-corrected chi connectivity index (χ0v) is 10.7. The Hall–Kier alpha value is -1.77. The van der Waals surface area contributed by atoms with Crippen molar-refractivity contribution in [2.75, 3.05) is 0 Å². The molecule has 0 unspecified atom stereocenters. The zero-order valence-electron chi connectivity index (χ0n) is 10.7. The van der Waals surface area contributed by atoms with Gasteiger partial charge >= 0.3 is 0 Å². The molecule has 1 aromatic heterocycles. The minimum Gasteiger partial charge on any atom is -0.504 e. The topological polar surface area (TPSA) is 38.0 Å². The first-order chi connectivity index (χ1) is 7.88. The molecule has 1 N–H and O–H groups in total. The number of aromatic nitrogens is 2. The number of nitrogens with zero attached hydrogens (tertiary/aromatic N) is 2. The van der Waals surface area contributed by atoms with Crippen molar-refractivity contribution in [3.8, 4) is 17.0 Å². The van der Waals surface area contributed by atoms with E-state index in [2.05, 4.69) is 25.9 Å². The molecule has 0 aliphatic carbocycles. The molecule has 0 atom stereocenters. The van der Waals surface area contributed by atoms with Gasteiger partial charge in [0.2, 0.25) is 0 Å². The lowest BCUT2D eigenvalue weighted by atomic mass is 10.1. The van der Waals surface area contributed by atoms with Crippen LogP contribution in [0.5, 0.6) is 5.75 Å². The average molecular weight is 230 g/mol. The Bertz CT molecular complexity index is 535. The number of hydrogen-bond donors (Lipinski definition) is 1. The highest BCUT2D eigenvalue weighted by Crippen LogP contribution is 2.30. The standard InChI is InChI=1S/C14H18N2O/c1-10-6-5-7-11(8-10)13-12(17)9-16(15-13)14(2,3)4/h5-9,17H,1-4H3. The van der Waals surface area contributed by atoms with Crippen molar-refractivity contribution in [2.45, 2.75) is 33.2 Å². The Labute approximate surface area is 102 Å². The fourth-order valence-electron chi connectivity index (χ4n) is 1.71. The number of rotatable bonds is 1. The molecule has 1 heterocycles. The van der Waals surface area contributed by atoms with Gasteiger partial charge in [-0.25, -0.2) is 0 Å². The molecule has 0 radical (unpaired) electrons. The van der Waals surface area contributed by atoms with Crippen LogP contribution < -0.4 is 0 Å². The molecule has 0 bridgehead atoms. The Morgan fingerprint density at radius 1 is 1.24 bits per heavy atom. The summed E-state index contributed by atoms with van der Waals surface area (Å²) < 4.78 is 1.79. The molecule has 0 saturated carbocycles. The highest BCUT2D eigenvalue weighted by atomic mass is 16.3. The third kappa shape index (κ3) is 2.33. The van der Waals surface area contributed by atoms with Gasteiger partial charge in [0.15, 0.2) is 5.75 Å². The second-order valence-electron chi connectivity index (χ2n) is 5.35. The van der Waals surface area contributed by atoms with E-state index < -0.39 is 0 Å². The fourth-order valence-corrected chi connectivity index (χ4v) is 1.71. The summed E-state index contributed by atoms with van der Waals surface area (Å²) in [5, 5.41) is 14.4. The smallest absolute Gasteiger partial charge is 0.161 e. The predicted molar refractivity (Wildman–Crippen MR) is 69.1 cm³/mol. The molecule has 2 aromatic rings.